The molecule has 0 saturated heterocycles. The van der Waals surface area contributed by atoms with E-state index in [0.717, 1.165) is 32.2 Å². The van der Waals surface area contributed by atoms with E-state index in [4.69, 9.17) is 58.2 Å². The molecule has 0 aliphatic carbocycles. The van der Waals surface area contributed by atoms with Gasteiger partial charge in [-0.15, -0.1) is 17.5 Å². The molecule has 0 unspecified atom stereocenters. The molecule has 0 radical (unpaired) electrons. The van der Waals surface area contributed by atoms with Crippen LogP contribution in [0.15, 0.2) is 54.6 Å². The second kappa shape index (κ2) is 42.3. The minimum Gasteiger partial charge on any atom is -0.386 e. The first-order chi connectivity index (χ1) is 33.4. The van der Waals surface area contributed by atoms with E-state index in [1.807, 2.05) is 13.8 Å². The van der Waals surface area contributed by atoms with Crippen LogP contribution in [0.2, 0.25) is 0 Å². The van der Waals surface area contributed by atoms with Crippen molar-refractivity contribution in [1.29, 1.82) is 0 Å². The summed E-state index contributed by atoms with van der Waals surface area (Å²) in [6.07, 6.45) is 6.12. The van der Waals surface area contributed by atoms with Crippen LogP contribution in [0.5, 0.6) is 0 Å². The lowest BCUT2D eigenvalue weighted by Gasteiger charge is -2.04. The van der Waals surface area contributed by atoms with Crippen LogP contribution in [0.25, 0.3) is 0 Å². The Labute approximate surface area is 422 Å². The summed E-state index contributed by atoms with van der Waals surface area (Å²) >= 11 is 5.21. The summed E-state index contributed by atoms with van der Waals surface area (Å²) in [5.41, 5.74) is 6.74. The van der Waals surface area contributed by atoms with Gasteiger partial charge in [-0.2, -0.15) is 0 Å². The summed E-state index contributed by atoms with van der Waals surface area (Å²) in [7, 11) is -5.67. The maximum absolute atomic E-state index is 11.8. The number of nitrogens with one attached hydrogen (secondary N) is 2. The quantitative estimate of drug-likeness (QED) is 0.0234. The van der Waals surface area contributed by atoms with Crippen LogP contribution in [0, 0.1) is 0 Å². The number of imide groups is 1. The molecular formula is C39H45Cl2N5O21Si4. The first kappa shape index (κ1) is 70.9. The fraction of sp³-hybridized carbons (Fsp3) is 0.308. The first-order valence-electron chi connectivity index (χ1n) is 19.6. The highest BCUT2D eigenvalue weighted by Gasteiger charge is 2.35. The molecule has 3 aromatic carbocycles. The van der Waals surface area contributed by atoms with Gasteiger partial charge < -0.3 is 31.0 Å². The smallest absolute Gasteiger partial charge is 0.386 e. The van der Waals surface area contributed by atoms with Crippen molar-refractivity contribution < 1.29 is 98.7 Å². The molecule has 0 saturated carbocycles. The highest BCUT2D eigenvalue weighted by atomic mass is 35.5. The first-order valence-corrected chi connectivity index (χ1v) is 23.2. The second-order valence-electron chi connectivity index (χ2n) is 12.5. The Morgan fingerprint density at radius 3 is 1.15 bits per heavy atom. The fourth-order valence-corrected chi connectivity index (χ4v) is 5.09. The number of amides is 4. The summed E-state index contributed by atoms with van der Waals surface area (Å²) < 4.78 is 76.0. The topological polar surface area (TPSA) is 428 Å². The van der Waals surface area contributed by atoms with Crippen LogP contribution in [-0.4, -0.2) is 125 Å². The summed E-state index contributed by atoms with van der Waals surface area (Å²) in [6.45, 7) is 8.18. The van der Waals surface area contributed by atoms with Crippen molar-refractivity contribution >= 4 is 114 Å². The standard InChI is InChI=1S/C13H14N2O4.C13H13NO4.C9H3ClO4.C4H11N.ClH.H3NO.4O2Si/c1-2-3-6-14-11(16)8-4-5-9-10(7-8)13(18)15(19)12(9)17;1-2-3-6-14-11(15)8-4-5-9-10(7-8)13(17)18-12(9)16;10-7(11)4-1-2-5-6(3-4)9(13)14-8(5)12;1-2-3-4-5;;1-2;4*1-3-2/h4-5,7,19H,2-3,6H2,1H3,(H,14,16);4-5,7H,2-3,6H2,1H3,(H,14,15);1-3H;2-5H2,1H3;1H;2H,1H2;;;;. The minimum atomic E-state index is -1.42. The SMILES string of the molecule is CCCCN.CCCCNC(=O)c1ccc2c(c1)C(=O)N(O)C2=O.CCCCNC(=O)c1ccc2c(c1)C(=O)OC2=O.Cl.NO.O=C(Cl)c1ccc2c(c1)C(=O)OC2=O.O=[Si]=O.O=[Si]=O.O=[Si]=O.O=[Si]=O. The average Bonchev–Trinajstić information content (AvgIpc) is 3.88. The third-order valence-corrected chi connectivity index (χ3v) is 8.31. The van der Waals surface area contributed by atoms with E-state index in [2.05, 4.69) is 32.9 Å². The van der Waals surface area contributed by atoms with E-state index < -0.39 is 78.1 Å². The molecule has 71 heavy (non-hydrogen) atoms. The number of carbonyl (C=O) groups is 9. The molecule has 0 spiro atoms. The van der Waals surface area contributed by atoms with Gasteiger partial charge in [0.25, 0.3) is 28.9 Å². The number of hydrogen-bond acceptors (Lipinski definition) is 23. The van der Waals surface area contributed by atoms with Crippen LogP contribution in [0.1, 0.15) is 153 Å². The summed E-state index contributed by atoms with van der Waals surface area (Å²) in [5.74, 6) is -1.41. The predicted octanol–water partition coefficient (Wildman–Crippen LogP) is 2.13. The van der Waals surface area contributed by atoms with Crippen molar-refractivity contribution in [2.45, 2.75) is 59.3 Å². The van der Waals surface area contributed by atoms with E-state index in [9.17, 15) is 48.4 Å². The normalized spacial score (nSPS) is 10.8. The lowest BCUT2D eigenvalue weighted by molar-refractivity contribution is -0.0327. The van der Waals surface area contributed by atoms with Gasteiger partial charge in [-0.05, 0) is 92.0 Å². The molecule has 0 bridgehead atoms. The molecule has 3 aromatic rings. The lowest BCUT2D eigenvalue weighted by atomic mass is 10.1. The molecule has 3 heterocycles. The Bertz CT molecular complexity index is 2430. The second-order valence-corrected chi connectivity index (χ2v) is 13.5. The van der Waals surface area contributed by atoms with E-state index in [-0.39, 0.29) is 68.2 Å². The number of rotatable bonds is 11. The zero-order valence-electron chi connectivity index (χ0n) is 37.6. The molecular weight excluding hydrogens is 1060 g/mol. The number of nitrogens with two attached hydrogens (primary N) is 2. The van der Waals surface area contributed by atoms with Gasteiger partial charge in [0.2, 0.25) is 0 Å². The number of esters is 4. The molecule has 32 heteroatoms. The molecule has 3 aliphatic heterocycles. The molecule has 26 nitrogen and oxygen atoms in total. The van der Waals surface area contributed by atoms with Crippen molar-refractivity contribution in [2.75, 3.05) is 19.6 Å². The number of hydroxylamine groups is 2. The van der Waals surface area contributed by atoms with Gasteiger partial charge in [0.05, 0.1) is 33.4 Å². The van der Waals surface area contributed by atoms with Crippen LogP contribution in [-0.2, 0) is 45.2 Å². The van der Waals surface area contributed by atoms with Gasteiger partial charge in [-0.1, -0.05) is 40.0 Å². The molecule has 382 valence electrons. The molecule has 0 fully saturated rings. The van der Waals surface area contributed by atoms with E-state index in [0.29, 0.717) is 24.2 Å². The number of unbranched alkanes of at least 4 members (excludes halogenated alkanes) is 3. The van der Waals surface area contributed by atoms with E-state index in [1.54, 1.807) is 0 Å². The van der Waals surface area contributed by atoms with E-state index >= 15 is 0 Å². The lowest BCUT2D eigenvalue weighted by Crippen LogP contribution is -2.25. The number of fused-ring (bicyclic) bond motifs is 3. The van der Waals surface area contributed by atoms with Crippen molar-refractivity contribution in [3.8, 4) is 0 Å². The Morgan fingerprint density at radius 1 is 0.535 bits per heavy atom. The maximum atomic E-state index is 11.8. The number of nitrogens with zero attached hydrogens (tertiary/aromatic N) is 1. The summed E-state index contributed by atoms with van der Waals surface area (Å²) in [4.78, 5) is 102. The Hall–Kier alpha value is -6.62. The molecule has 0 aromatic heterocycles. The largest absolute Gasteiger partial charge is 0.549 e. The van der Waals surface area contributed by atoms with Crippen LogP contribution in [0.4, 0.5) is 0 Å². The van der Waals surface area contributed by atoms with Gasteiger partial charge in [-0.3, -0.25) is 64.9 Å². The average molecular weight is 1100 g/mol. The van der Waals surface area contributed by atoms with E-state index in [1.165, 1.54) is 67.4 Å². The van der Waals surface area contributed by atoms with Gasteiger partial charge in [0.1, 0.15) is 0 Å². The number of benzene rings is 3. The zero-order valence-corrected chi connectivity index (χ0v) is 43.2. The Balaban J connectivity index is -0.000000402. The van der Waals surface area contributed by atoms with Gasteiger partial charge in [0, 0.05) is 29.8 Å². The van der Waals surface area contributed by atoms with Crippen molar-refractivity contribution in [2.24, 2.45) is 11.6 Å². The molecule has 0 atom stereocenters. The molecule has 4 amide bonds. The van der Waals surface area contributed by atoms with Crippen molar-refractivity contribution in [1.82, 2.24) is 15.7 Å². The number of carbonyl (C=O) groups excluding carboxylic acids is 9. The van der Waals surface area contributed by atoms with Crippen LogP contribution >= 0.6 is 24.0 Å². The predicted molar refractivity (Wildman–Crippen MR) is 241 cm³/mol. The van der Waals surface area contributed by atoms with Crippen molar-refractivity contribution in [3.05, 3.63) is 105 Å². The highest BCUT2D eigenvalue weighted by molar-refractivity contribution is 6.67. The fourth-order valence-electron chi connectivity index (χ4n) is 4.97. The Kier molecular flexibility index (Phi) is 42.2. The summed E-state index contributed by atoms with van der Waals surface area (Å²) in [5, 5.41) is 20.6. The monoisotopic (exact) mass is 1100 g/mol. The molecule has 8 N–H and O–H groups in total. The van der Waals surface area contributed by atoms with Crippen LogP contribution < -0.4 is 22.3 Å². The van der Waals surface area contributed by atoms with Crippen molar-refractivity contribution in [3.63, 3.8) is 0 Å². The van der Waals surface area contributed by atoms with Gasteiger partial charge in [-0.25, -0.2) is 25.1 Å². The number of ether oxygens (including phenoxy) is 2. The minimum absolute atomic E-state index is 0. The highest BCUT2D eigenvalue weighted by Crippen LogP contribution is 2.24. The number of hydrogen-bond donors (Lipinski definition) is 6. The molecule has 6 rings (SSSR count). The zero-order chi connectivity index (χ0) is 54.4. The third kappa shape index (κ3) is 25.7. The number of halogens is 2. The molecule has 3 aliphatic rings. The third-order valence-electron chi connectivity index (χ3n) is 8.10. The maximum Gasteiger partial charge on any atom is 0.549 e. The van der Waals surface area contributed by atoms with Crippen LogP contribution in [0.3, 0.4) is 0 Å². The van der Waals surface area contributed by atoms with Gasteiger partial charge in [0.15, 0.2) is 0 Å². The Morgan fingerprint density at radius 2 is 0.831 bits per heavy atom. The van der Waals surface area contributed by atoms with Gasteiger partial charge >= 0.3 is 61.0 Å². The number of cyclic esters (lactones) is 4. The summed E-state index contributed by atoms with van der Waals surface area (Å²) in [6, 6.07) is 12.5.